The van der Waals surface area contributed by atoms with Gasteiger partial charge in [-0.2, -0.15) is 17.5 Å². The first kappa shape index (κ1) is 31.5. The SMILES string of the molecule is CN1[C@H](C2CCCCC2)CN(c2ccccc2)c2cc(F)c(C(=O)N[C@H](C(=O)O)c3ccc(C(F)(F)F)cc3)cc2S1(=O)=O. The van der Waals surface area contributed by atoms with Crippen LogP contribution in [0.15, 0.2) is 71.6 Å². The Hall–Kier alpha value is -3.97. The summed E-state index contributed by atoms with van der Waals surface area (Å²) in [5.74, 6) is -3.87. The van der Waals surface area contributed by atoms with Gasteiger partial charge in [-0.05, 0) is 60.7 Å². The molecular formula is C31H31F4N3O5S. The maximum absolute atomic E-state index is 15.7. The fourth-order valence-corrected chi connectivity index (χ4v) is 7.65. The maximum atomic E-state index is 15.7. The molecule has 3 aromatic rings. The van der Waals surface area contributed by atoms with Gasteiger partial charge in [-0.1, -0.05) is 49.6 Å². The number of halogens is 4. The number of likely N-dealkylation sites (N-methyl/N-ethyl adjacent to an activating group) is 1. The van der Waals surface area contributed by atoms with Crippen molar-refractivity contribution >= 4 is 33.3 Å². The normalized spacial score (nSPS) is 19.9. The highest BCUT2D eigenvalue weighted by atomic mass is 32.2. The van der Waals surface area contributed by atoms with Crippen LogP contribution in [-0.4, -0.2) is 49.3 Å². The van der Waals surface area contributed by atoms with Crippen molar-refractivity contribution in [1.82, 2.24) is 9.62 Å². The molecule has 44 heavy (non-hydrogen) atoms. The molecule has 1 amide bonds. The van der Waals surface area contributed by atoms with Crippen molar-refractivity contribution in [3.8, 4) is 0 Å². The number of carbonyl (C=O) groups excluding carboxylic acids is 1. The van der Waals surface area contributed by atoms with Crippen LogP contribution >= 0.6 is 0 Å². The fraction of sp³-hybridized carbons (Fsp3) is 0.355. The van der Waals surface area contributed by atoms with E-state index in [1.807, 2.05) is 0 Å². The molecule has 0 saturated heterocycles. The molecule has 0 unspecified atom stereocenters. The highest BCUT2D eigenvalue weighted by Crippen LogP contribution is 2.42. The third-order valence-electron chi connectivity index (χ3n) is 8.43. The van der Waals surface area contributed by atoms with Gasteiger partial charge in [-0.3, -0.25) is 4.79 Å². The quantitative estimate of drug-likeness (QED) is 0.317. The number of aliphatic carboxylic acids is 1. The molecule has 0 bridgehead atoms. The van der Waals surface area contributed by atoms with E-state index in [1.165, 1.54) is 11.4 Å². The molecule has 1 heterocycles. The molecule has 234 valence electrons. The zero-order valence-corrected chi connectivity index (χ0v) is 24.5. The number of nitrogens with zero attached hydrogens (tertiary/aromatic N) is 2. The minimum absolute atomic E-state index is 0.0351. The Morgan fingerprint density at radius 3 is 2.20 bits per heavy atom. The lowest BCUT2D eigenvalue weighted by Crippen LogP contribution is -2.46. The Labute approximate surface area is 252 Å². The summed E-state index contributed by atoms with van der Waals surface area (Å²) in [7, 11) is -2.79. The number of carboxylic acids is 1. The number of carbonyl (C=O) groups is 2. The zero-order valence-electron chi connectivity index (χ0n) is 23.7. The summed E-state index contributed by atoms with van der Waals surface area (Å²) in [6, 6.07) is 11.6. The van der Waals surface area contributed by atoms with Crippen molar-refractivity contribution in [1.29, 1.82) is 0 Å². The molecule has 13 heteroatoms. The van der Waals surface area contributed by atoms with Crippen molar-refractivity contribution in [2.45, 2.75) is 55.3 Å². The number of hydrogen-bond donors (Lipinski definition) is 2. The van der Waals surface area contributed by atoms with Crippen LogP contribution in [0.3, 0.4) is 0 Å². The van der Waals surface area contributed by atoms with Crippen LogP contribution in [0.4, 0.5) is 28.9 Å². The predicted molar refractivity (Wildman–Crippen MR) is 154 cm³/mol. The lowest BCUT2D eigenvalue weighted by molar-refractivity contribution is -0.139. The minimum Gasteiger partial charge on any atom is -0.479 e. The Morgan fingerprint density at radius 1 is 0.977 bits per heavy atom. The molecule has 8 nitrogen and oxygen atoms in total. The molecule has 1 aliphatic heterocycles. The summed E-state index contributed by atoms with van der Waals surface area (Å²) in [4.78, 5) is 26.7. The predicted octanol–water partition coefficient (Wildman–Crippen LogP) is 6.12. The second-order valence-corrected chi connectivity index (χ2v) is 13.1. The van der Waals surface area contributed by atoms with E-state index in [1.54, 1.807) is 35.2 Å². The first-order chi connectivity index (χ1) is 20.8. The number of benzene rings is 3. The minimum atomic E-state index is -4.66. The zero-order chi connectivity index (χ0) is 31.8. The number of rotatable bonds is 6. The Kier molecular flexibility index (Phi) is 8.72. The average molecular weight is 634 g/mol. The van der Waals surface area contributed by atoms with Crippen LogP contribution < -0.4 is 10.2 Å². The maximum Gasteiger partial charge on any atom is 0.416 e. The van der Waals surface area contributed by atoms with E-state index in [2.05, 4.69) is 5.32 Å². The van der Waals surface area contributed by atoms with E-state index in [0.717, 1.165) is 56.4 Å². The van der Waals surface area contributed by atoms with Gasteiger partial charge in [0.25, 0.3) is 5.91 Å². The van der Waals surface area contributed by atoms with Crippen molar-refractivity contribution in [3.05, 3.63) is 89.2 Å². The molecule has 0 radical (unpaired) electrons. The first-order valence-electron chi connectivity index (χ1n) is 14.1. The molecule has 2 atom stereocenters. The standard InChI is InChI=1S/C31H31F4N3O5S/c1-37-26(19-8-4-2-5-9-19)18-38(22-10-6-3-7-11-22)25-17-24(32)23(16-27(25)44(37,42)43)29(39)36-28(30(40)41)20-12-14-21(15-13-20)31(33,34)35/h3,6-7,10-17,19,26,28H,2,4-5,8-9,18H2,1H3,(H,36,39)(H,40,41)/t26-,28-/m0/s1. The van der Waals surface area contributed by atoms with Crippen LogP contribution in [0.1, 0.15) is 59.6 Å². The average Bonchev–Trinajstić information content (AvgIpc) is 3.07. The summed E-state index contributed by atoms with van der Waals surface area (Å²) in [5, 5.41) is 11.9. The number of amides is 1. The monoisotopic (exact) mass is 633 g/mol. The van der Waals surface area contributed by atoms with Gasteiger partial charge in [0.2, 0.25) is 10.0 Å². The summed E-state index contributed by atoms with van der Waals surface area (Å²) < 4.78 is 84.1. The molecule has 1 saturated carbocycles. The van der Waals surface area contributed by atoms with Crippen molar-refractivity contribution in [3.63, 3.8) is 0 Å². The van der Waals surface area contributed by atoms with Gasteiger partial charge < -0.3 is 15.3 Å². The summed E-state index contributed by atoms with van der Waals surface area (Å²) >= 11 is 0. The van der Waals surface area contributed by atoms with Gasteiger partial charge in [-0.15, -0.1) is 0 Å². The molecule has 3 aromatic carbocycles. The van der Waals surface area contributed by atoms with E-state index in [-0.39, 0.29) is 28.6 Å². The third kappa shape index (κ3) is 6.16. The van der Waals surface area contributed by atoms with E-state index < -0.39 is 57.1 Å². The molecule has 0 aromatic heterocycles. The molecule has 5 rings (SSSR count). The van der Waals surface area contributed by atoms with Gasteiger partial charge in [-0.25, -0.2) is 17.6 Å². The number of anilines is 2. The number of nitrogens with one attached hydrogen (secondary N) is 1. The number of alkyl halides is 3. The largest absolute Gasteiger partial charge is 0.479 e. The van der Waals surface area contributed by atoms with Gasteiger partial charge in [0.1, 0.15) is 10.7 Å². The lowest BCUT2D eigenvalue weighted by Gasteiger charge is -2.36. The highest BCUT2D eigenvalue weighted by Gasteiger charge is 2.42. The van der Waals surface area contributed by atoms with E-state index in [4.69, 9.17) is 0 Å². The second-order valence-electron chi connectivity index (χ2n) is 11.1. The second kappa shape index (κ2) is 12.2. The molecule has 0 spiro atoms. The smallest absolute Gasteiger partial charge is 0.416 e. The highest BCUT2D eigenvalue weighted by molar-refractivity contribution is 7.89. The number of fused-ring (bicyclic) bond motifs is 1. The summed E-state index contributed by atoms with van der Waals surface area (Å²) in [6.45, 7) is 0.247. The van der Waals surface area contributed by atoms with Gasteiger partial charge >= 0.3 is 12.1 Å². The van der Waals surface area contributed by atoms with E-state index >= 15 is 4.39 Å². The van der Waals surface area contributed by atoms with E-state index in [9.17, 15) is 36.3 Å². The van der Waals surface area contributed by atoms with Crippen molar-refractivity contribution in [2.75, 3.05) is 18.5 Å². The van der Waals surface area contributed by atoms with Crippen molar-refractivity contribution < 1.29 is 40.7 Å². The van der Waals surface area contributed by atoms with Gasteiger partial charge in [0.15, 0.2) is 6.04 Å². The molecule has 1 fully saturated rings. The molecule has 2 N–H and O–H groups in total. The number of sulfonamides is 1. The van der Waals surface area contributed by atoms with Crippen LogP contribution in [0.2, 0.25) is 0 Å². The lowest BCUT2D eigenvalue weighted by atomic mass is 9.83. The van der Waals surface area contributed by atoms with Gasteiger partial charge in [0, 0.05) is 25.3 Å². The summed E-state index contributed by atoms with van der Waals surface area (Å²) in [5.41, 5.74) is -1.26. The number of hydrogen-bond acceptors (Lipinski definition) is 5. The number of carboxylic acid groups (broad SMARTS) is 1. The summed E-state index contributed by atoms with van der Waals surface area (Å²) in [6.07, 6.45) is 0.0214. The topological polar surface area (TPSA) is 107 Å². The Morgan fingerprint density at radius 2 is 1.61 bits per heavy atom. The van der Waals surface area contributed by atoms with Crippen LogP contribution in [0, 0.1) is 11.7 Å². The number of para-hydroxylation sites is 1. The Bertz CT molecular complexity index is 1640. The first-order valence-corrected chi connectivity index (χ1v) is 15.6. The van der Waals surface area contributed by atoms with Crippen LogP contribution in [0.5, 0.6) is 0 Å². The Balaban J connectivity index is 1.55. The third-order valence-corrected chi connectivity index (χ3v) is 10.3. The van der Waals surface area contributed by atoms with Crippen LogP contribution in [-0.2, 0) is 21.0 Å². The molecule has 2 aliphatic rings. The fourth-order valence-electron chi connectivity index (χ4n) is 6.05. The van der Waals surface area contributed by atoms with Crippen LogP contribution in [0.25, 0.3) is 0 Å². The molecule has 1 aliphatic carbocycles. The van der Waals surface area contributed by atoms with E-state index in [0.29, 0.717) is 17.8 Å². The van der Waals surface area contributed by atoms with Crippen molar-refractivity contribution in [2.24, 2.45) is 5.92 Å². The van der Waals surface area contributed by atoms with Gasteiger partial charge in [0.05, 0.1) is 16.8 Å². The molecular weight excluding hydrogens is 602 g/mol.